The smallest absolute Gasteiger partial charge is 0.277 e. The molecule has 1 aromatic carbocycles. The number of carbonyl (C=O) groups is 2. The molecule has 23 heavy (non-hydrogen) atoms. The average molecular weight is 312 g/mol. The topological polar surface area (TPSA) is 40.6 Å². The number of hydrogen-bond acceptors (Lipinski definition) is 3. The zero-order chi connectivity index (χ0) is 16.7. The van der Waals surface area contributed by atoms with Crippen LogP contribution in [0, 0.1) is 19.8 Å². The first-order valence-corrected chi connectivity index (χ1v) is 8.29. The van der Waals surface area contributed by atoms with Crippen LogP contribution in [0.1, 0.15) is 36.5 Å². The van der Waals surface area contributed by atoms with Crippen LogP contribution in [0.15, 0.2) is 23.9 Å². The molecule has 2 heterocycles. The molecule has 122 valence electrons. The third-order valence-corrected chi connectivity index (χ3v) is 5.01. The molecule has 2 aliphatic rings. The maximum Gasteiger partial charge on any atom is 0.277 e. The summed E-state index contributed by atoms with van der Waals surface area (Å²) in [7, 11) is 1.58. The van der Waals surface area contributed by atoms with E-state index in [4.69, 9.17) is 0 Å². The molecule has 1 aromatic rings. The van der Waals surface area contributed by atoms with E-state index < -0.39 is 0 Å². The molecule has 1 saturated heterocycles. The predicted octanol–water partition coefficient (Wildman–Crippen LogP) is 2.75. The van der Waals surface area contributed by atoms with Crippen molar-refractivity contribution in [3.8, 4) is 0 Å². The minimum atomic E-state index is -0.185. The number of aryl methyl sites for hydroxylation is 2. The minimum Gasteiger partial charge on any atom is -0.366 e. The van der Waals surface area contributed by atoms with E-state index in [1.165, 1.54) is 4.90 Å². The van der Waals surface area contributed by atoms with Crippen molar-refractivity contribution in [2.24, 2.45) is 5.92 Å². The molecule has 0 aromatic heterocycles. The lowest BCUT2D eigenvalue weighted by Gasteiger charge is -2.32. The van der Waals surface area contributed by atoms with Crippen molar-refractivity contribution in [2.45, 2.75) is 33.6 Å². The fourth-order valence-electron chi connectivity index (χ4n) is 3.49. The van der Waals surface area contributed by atoms with E-state index in [9.17, 15) is 9.59 Å². The second-order valence-electron chi connectivity index (χ2n) is 6.88. The zero-order valence-electron chi connectivity index (χ0n) is 14.3. The zero-order valence-corrected chi connectivity index (χ0v) is 14.3. The molecule has 0 N–H and O–H groups in total. The molecule has 2 aliphatic heterocycles. The number of nitrogens with zero attached hydrogens (tertiary/aromatic N) is 2. The highest BCUT2D eigenvalue weighted by molar-refractivity contribution is 6.35. The van der Waals surface area contributed by atoms with Gasteiger partial charge in [-0.05, 0) is 43.7 Å². The Balaban J connectivity index is 2.10. The van der Waals surface area contributed by atoms with E-state index in [0.29, 0.717) is 17.2 Å². The molecule has 0 aliphatic carbocycles. The highest BCUT2D eigenvalue weighted by Crippen LogP contribution is 2.34. The number of likely N-dealkylation sites (N-methyl/N-ethyl adjacent to an activating group) is 1. The van der Waals surface area contributed by atoms with Crippen molar-refractivity contribution < 1.29 is 9.59 Å². The van der Waals surface area contributed by atoms with Gasteiger partial charge in [0.25, 0.3) is 11.8 Å². The summed E-state index contributed by atoms with van der Waals surface area (Å²) in [6, 6.07) is 6.03. The van der Waals surface area contributed by atoms with Crippen LogP contribution in [0.25, 0.3) is 5.57 Å². The molecule has 2 amide bonds. The van der Waals surface area contributed by atoms with Crippen LogP contribution in [0.4, 0.5) is 0 Å². The number of amides is 2. The number of piperidine rings is 1. The molecular formula is C19H24N2O2. The predicted molar refractivity (Wildman–Crippen MR) is 90.6 cm³/mol. The largest absolute Gasteiger partial charge is 0.366 e. The van der Waals surface area contributed by atoms with Gasteiger partial charge in [-0.25, -0.2) is 0 Å². The van der Waals surface area contributed by atoms with Crippen LogP contribution in [0.3, 0.4) is 0 Å². The van der Waals surface area contributed by atoms with Crippen LogP contribution in [-0.2, 0) is 9.59 Å². The first-order valence-electron chi connectivity index (χ1n) is 8.29. The third kappa shape index (κ3) is 2.67. The van der Waals surface area contributed by atoms with Crippen molar-refractivity contribution in [1.82, 2.24) is 9.80 Å². The first-order chi connectivity index (χ1) is 10.9. The average Bonchev–Trinajstić information content (AvgIpc) is 2.73. The SMILES string of the molecule is Cc1ccc(C2=C(N3CCC(C)CC3)C(=O)N(C)C2=O)c(C)c1. The molecule has 3 rings (SSSR count). The summed E-state index contributed by atoms with van der Waals surface area (Å²) in [4.78, 5) is 28.7. The van der Waals surface area contributed by atoms with Gasteiger partial charge in [0.05, 0.1) is 5.57 Å². The molecule has 0 unspecified atom stereocenters. The Kier molecular flexibility index (Phi) is 4.00. The van der Waals surface area contributed by atoms with Gasteiger partial charge in [0.1, 0.15) is 5.70 Å². The van der Waals surface area contributed by atoms with Crippen LogP contribution in [-0.4, -0.2) is 41.8 Å². The molecule has 0 bridgehead atoms. The van der Waals surface area contributed by atoms with Gasteiger partial charge in [-0.2, -0.15) is 0 Å². The van der Waals surface area contributed by atoms with Gasteiger partial charge in [-0.1, -0.05) is 30.7 Å². The summed E-state index contributed by atoms with van der Waals surface area (Å²) in [5.41, 5.74) is 4.25. The molecule has 0 spiro atoms. The van der Waals surface area contributed by atoms with E-state index >= 15 is 0 Å². The monoisotopic (exact) mass is 312 g/mol. The number of imide groups is 1. The Hall–Kier alpha value is -2.10. The van der Waals surface area contributed by atoms with Gasteiger partial charge in [0, 0.05) is 20.1 Å². The molecular weight excluding hydrogens is 288 g/mol. The van der Waals surface area contributed by atoms with E-state index in [1.54, 1.807) is 7.05 Å². The van der Waals surface area contributed by atoms with Crippen LogP contribution < -0.4 is 0 Å². The van der Waals surface area contributed by atoms with Crippen molar-refractivity contribution in [2.75, 3.05) is 20.1 Å². The Morgan fingerprint density at radius 2 is 1.70 bits per heavy atom. The quantitative estimate of drug-likeness (QED) is 0.789. The summed E-state index contributed by atoms with van der Waals surface area (Å²) >= 11 is 0. The second-order valence-corrected chi connectivity index (χ2v) is 6.88. The maximum atomic E-state index is 12.7. The lowest BCUT2D eigenvalue weighted by atomic mass is 9.95. The summed E-state index contributed by atoms with van der Waals surface area (Å²) in [5.74, 6) is 0.330. The fraction of sp³-hybridized carbons (Fsp3) is 0.474. The van der Waals surface area contributed by atoms with E-state index in [1.807, 2.05) is 26.0 Å². The van der Waals surface area contributed by atoms with Gasteiger partial charge in [-0.15, -0.1) is 0 Å². The third-order valence-electron chi connectivity index (χ3n) is 5.01. The van der Waals surface area contributed by atoms with Crippen LogP contribution in [0.2, 0.25) is 0 Å². The highest BCUT2D eigenvalue weighted by Gasteiger charge is 2.40. The van der Waals surface area contributed by atoms with Crippen molar-refractivity contribution in [3.05, 3.63) is 40.6 Å². The molecule has 4 nitrogen and oxygen atoms in total. The number of likely N-dealkylation sites (tertiary alicyclic amines) is 1. The number of benzene rings is 1. The van der Waals surface area contributed by atoms with Gasteiger partial charge >= 0.3 is 0 Å². The summed E-state index contributed by atoms with van der Waals surface area (Å²) in [5, 5.41) is 0. The van der Waals surface area contributed by atoms with Gasteiger partial charge in [-0.3, -0.25) is 14.5 Å². The van der Waals surface area contributed by atoms with Crippen LogP contribution >= 0.6 is 0 Å². The lowest BCUT2D eigenvalue weighted by molar-refractivity contribution is -0.136. The Bertz CT molecular complexity index is 697. The first kappa shape index (κ1) is 15.8. The number of carbonyl (C=O) groups excluding carboxylic acids is 2. The van der Waals surface area contributed by atoms with E-state index in [0.717, 1.165) is 42.6 Å². The van der Waals surface area contributed by atoms with Crippen molar-refractivity contribution >= 4 is 17.4 Å². The summed E-state index contributed by atoms with van der Waals surface area (Å²) in [6.45, 7) is 7.97. The van der Waals surface area contributed by atoms with Gasteiger partial charge in [0.2, 0.25) is 0 Å². The second kappa shape index (κ2) is 5.84. The highest BCUT2D eigenvalue weighted by atomic mass is 16.2. The molecule has 0 atom stereocenters. The molecule has 1 fully saturated rings. The minimum absolute atomic E-state index is 0.167. The Morgan fingerprint density at radius 3 is 2.30 bits per heavy atom. The van der Waals surface area contributed by atoms with Crippen LogP contribution in [0.5, 0.6) is 0 Å². The van der Waals surface area contributed by atoms with Gasteiger partial charge < -0.3 is 4.90 Å². The standard InChI is InChI=1S/C19H24N2O2/c1-12-7-9-21(10-8-12)17-16(18(22)20(4)19(17)23)15-6-5-13(2)11-14(15)3/h5-6,11-12H,7-10H2,1-4H3. The number of rotatable bonds is 2. The maximum absolute atomic E-state index is 12.7. The summed E-state index contributed by atoms with van der Waals surface area (Å²) < 4.78 is 0. The lowest BCUT2D eigenvalue weighted by Crippen LogP contribution is -2.37. The normalized spacial score (nSPS) is 20.0. The molecule has 0 radical (unpaired) electrons. The molecule has 4 heteroatoms. The Morgan fingerprint density at radius 1 is 1.04 bits per heavy atom. The van der Waals surface area contributed by atoms with Gasteiger partial charge in [0.15, 0.2) is 0 Å². The van der Waals surface area contributed by atoms with E-state index in [2.05, 4.69) is 17.9 Å². The molecule has 0 saturated carbocycles. The Labute approximate surface area is 137 Å². The summed E-state index contributed by atoms with van der Waals surface area (Å²) in [6.07, 6.45) is 2.13. The van der Waals surface area contributed by atoms with E-state index in [-0.39, 0.29) is 11.8 Å². The fourth-order valence-corrected chi connectivity index (χ4v) is 3.49. The number of hydrogen-bond donors (Lipinski definition) is 0. The van der Waals surface area contributed by atoms with Crippen molar-refractivity contribution in [1.29, 1.82) is 0 Å². The van der Waals surface area contributed by atoms with Crippen molar-refractivity contribution in [3.63, 3.8) is 0 Å².